The Bertz CT molecular complexity index is 1690. The maximum absolute atomic E-state index is 14.1. The first-order valence-electron chi connectivity index (χ1n) is 16.3. The molecule has 0 bridgehead atoms. The average molecular weight is 656 g/mol. The lowest BCUT2D eigenvalue weighted by Crippen LogP contribution is -2.50. The lowest BCUT2D eigenvalue weighted by molar-refractivity contribution is -0.140. The fraction of sp³-hybridized carbons (Fsp3) is 0.606. The predicted octanol–water partition coefficient (Wildman–Crippen LogP) is 3.49. The Balaban J connectivity index is 1.28. The van der Waals surface area contributed by atoms with Crippen molar-refractivity contribution in [1.29, 1.82) is 0 Å². The number of amides is 2. The quantitative estimate of drug-likeness (QED) is 0.444. The molecule has 2 saturated carbocycles. The molecule has 3 fully saturated rings. The average Bonchev–Trinajstić information content (AvgIpc) is 3.89. The first-order chi connectivity index (χ1) is 21.9. The highest BCUT2D eigenvalue weighted by molar-refractivity contribution is 7.91. The zero-order valence-corrected chi connectivity index (χ0v) is 27.2. The highest BCUT2D eigenvalue weighted by atomic mass is 32.2. The van der Waals surface area contributed by atoms with Crippen molar-refractivity contribution >= 4 is 38.7 Å². The van der Waals surface area contributed by atoms with Gasteiger partial charge in [0.05, 0.1) is 39.8 Å². The summed E-state index contributed by atoms with van der Waals surface area (Å²) in [7, 11) is -3.90. The molecule has 0 unspecified atom stereocenters. The monoisotopic (exact) mass is 655 g/mol. The van der Waals surface area contributed by atoms with Crippen LogP contribution in [0.4, 0.5) is 4.39 Å². The summed E-state index contributed by atoms with van der Waals surface area (Å²) in [6.45, 7) is 3.58. The fourth-order valence-electron chi connectivity index (χ4n) is 6.71. The van der Waals surface area contributed by atoms with E-state index >= 15 is 0 Å². The van der Waals surface area contributed by atoms with Gasteiger partial charge in [-0.15, -0.1) is 0 Å². The van der Waals surface area contributed by atoms with E-state index in [1.165, 1.54) is 17.0 Å². The van der Waals surface area contributed by atoms with Crippen molar-refractivity contribution in [2.45, 2.75) is 107 Å². The number of sulfonamides is 1. The fourth-order valence-corrected chi connectivity index (χ4v) is 8.05. The van der Waals surface area contributed by atoms with Gasteiger partial charge >= 0.3 is 0 Å². The van der Waals surface area contributed by atoms with Gasteiger partial charge in [0.25, 0.3) is 0 Å². The van der Waals surface area contributed by atoms with Gasteiger partial charge in [-0.1, -0.05) is 31.9 Å². The molecule has 0 spiro atoms. The Labute approximate surface area is 268 Å². The number of aromatic nitrogens is 2. The van der Waals surface area contributed by atoms with E-state index < -0.39 is 50.1 Å². The van der Waals surface area contributed by atoms with E-state index in [9.17, 15) is 27.2 Å². The SMILES string of the molecule is CCc1nc2ccc(F)cc2nc1O[C@@H]1C[C@H]2C(=O)C[C@]3(C(=O)NS(=O)(=O)C4(C)CC4)C[C@H]3/C=C\CCCCC[C@H](N)C(=O)N2C1. The lowest BCUT2D eigenvalue weighted by atomic mass is 9.91. The number of ketones is 1. The minimum absolute atomic E-state index is 0.0736. The van der Waals surface area contributed by atoms with Crippen LogP contribution in [-0.2, 0) is 30.8 Å². The Hall–Kier alpha value is -3.45. The Morgan fingerprint density at radius 1 is 1.17 bits per heavy atom. The smallest absolute Gasteiger partial charge is 0.240 e. The molecule has 11 nitrogen and oxygen atoms in total. The summed E-state index contributed by atoms with van der Waals surface area (Å²) in [5.41, 5.74) is 6.55. The molecule has 46 heavy (non-hydrogen) atoms. The van der Waals surface area contributed by atoms with Gasteiger partial charge < -0.3 is 15.4 Å². The summed E-state index contributed by atoms with van der Waals surface area (Å²) in [5, 5.41) is 0. The molecule has 1 aromatic heterocycles. The van der Waals surface area contributed by atoms with Crippen LogP contribution in [0.1, 0.15) is 83.7 Å². The van der Waals surface area contributed by atoms with Gasteiger partial charge in [0.1, 0.15) is 17.6 Å². The molecule has 248 valence electrons. The number of carbonyl (C=O) groups is 3. The number of halogens is 1. The number of rotatable bonds is 6. The summed E-state index contributed by atoms with van der Waals surface area (Å²) < 4.78 is 47.6. The molecule has 0 radical (unpaired) electrons. The first-order valence-corrected chi connectivity index (χ1v) is 17.8. The number of hydrogen-bond acceptors (Lipinski definition) is 9. The van der Waals surface area contributed by atoms with Crippen LogP contribution in [0.15, 0.2) is 30.4 Å². The lowest BCUT2D eigenvalue weighted by Gasteiger charge is -2.27. The summed E-state index contributed by atoms with van der Waals surface area (Å²) in [6.07, 6.45) is 8.75. The van der Waals surface area contributed by atoms with Gasteiger partial charge in [-0.2, -0.15) is 0 Å². The number of aryl methyl sites for hydroxylation is 1. The van der Waals surface area contributed by atoms with Crippen LogP contribution < -0.4 is 15.2 Å². The first kappa shape index (κ1) is 32.5. The Morgan fingerprint density at radius 3 is 2.70 bits per heavy atom. The number of nitrogens with two attached hydrogens (primary N) is 1. The van der Waals surface area contributed by atoms with E-state index in [1.807, 2.05) is 19.1 Å². The second-order valence-electron chi connectivity index (χ2n) is 13.6. The van der Waals surface area contributed by atoms with Crippen LogP contribution in [0.5, 0.6) is 5.88 Å². The van der Waals surface area contributed by atoms with Crippen LogP contribution in [-0.4, -0.2) is 70.4 Å². The zero-order chi connectivity index (χ0) is 32.9. The van der Waals surface area contributed by atoms with Crippen molar-refractivity contribution < 1.29 is 31.9 Å². The molecule has 13 heteroatoms. The summed E-state index contributed by atoms with van der Waals surface area (Å²) in [5.74, 6) is -1.91. The largest absolute Gasteiger partial charge is 0.471 e. The van der Waals surface area contributed by atoms with E-state index in [4.69, 9.17) is 10.5 Å². The molecule has 3 heterocycles. The number of allylic oxidation sites excluding steroid dienone is 2. The molecule has 2 amide bonds. The second-order valence-corrected chi connectivity index (χ2v) is 15.8. The van der Waals surface area contributed by atoms with Crippen molar-refractivity contribution in [1.82, 2.24) is 19.6 Å². The summed E-state index contributed by atoms with van der Waals surface area (Å²) in [4.78, 5) is 52.1. The van der Waals surface area contributed by atoms with Crippen molar-refractivity contribution in [2.75, 3.05) is 6.54 Å². The minimum atomic E-state index is -3.90. The van der Waals surface area contributed by atoms with E-state index in [-0.39, 0.29) is 42.9 Å². The van der Waals surface area contributed by atoms with Gasteiger partial charge in [-0.3, -0.25) is 19.1 Å². The third kappa shape index (κ3) is 6.27. The van der Waals surface area contributed by atoms with Crippen molar-refractivity contribution in [3.8, 4) is 5.88 Å². The maximum Gasteiger partial charge on any atom is 0.240 e. The van der Waals surface area contributed by atoms with E-state index in [0.717, 1.165) is 25.7 Å². The highest BCUT2D eigenvalue weighted by Crippen LogP contribution is 2.57. The van der Waals surface area contributed by atoms with Crippen LogP contribution in [0.25, 0.3) is 11.0 Å². The standard InChI is InChI=1S/C33H42FN5O6S/c1-3-24-29(37-26-15-21(34)11-12-25(26)36-24)45-22-16-27-28(40)18-33(31(42)38-46(43,44)32(2)13-14-32)17-20(33)9-7-5-4-6-8-10-23(35)30(41)39(27)19-22/h7,9,11-12,15,20,22-23,27H,3-6,8,10,13-14,16-19,35H2,1-2H3,(H,38,42)/b9-7-/t20-,22-,23+,27+,33-/m1/s1. The van der Waals surface area contributed by atoms with Gasteiger partial charge in [0.15, 0.2) is 5.78 Å². The van der Waals surface area contributed by atoms with Gasteiger partial charge in [0.2, 0.25) is 27.7 Å². The molecule has 1 saturated heterocycles. The number of benzene rings is 1. The molecule has 4 aliphatic rings. The van der Waals surface area contributed by atoms with Gasteiger partial charge in [-0.05, 0) is 69.9 Å². The highest BCUT2D eigenvalue weighted by Gasteiger charge is 2.62. The zero-order valence-electron chi connectivity index (χ0n) is 26.3. The van der Waals surface area contributed by atoms with Crippen LogP contribution in [0.2, 0.25) is 0 Å². The molecular formula is C33H42FN5O6S. The number of nitrogens with one attached hydrogen (secondary N) is 1. The molecule has 2 aromatic rings. The van der Waals surface area contributed by atoms with Crippen LogP contribution >= 0.6 is 0 Å². The van der Waals surface area contributed by atoms with E-state index in [0.29, 0.717) is 48.8 Å². The Morgan fingerprint density at radius 2 is 1.96 bits per heavy atom. The number of hydrogen-bond donors (Lipinski definition) is 2. The molecule has 3 N–H and O–H groups in total. The van der Waals surface area contributed by atoms with E-state index in [1.54, 1.807) is 13.0 Å². The maximum atomic E-state index is 14.1. The second kappa shape index (κ2) is 12.3. The molecule has 2 aliphatic carbocycles. The van der Waals surface area contributed by atoms with E-state index in [2.05, 4.69) is 14.7 Å². The topological polar surface area (TPSA) is 162 Å². The van der Waals surface area contributed by atoms with Crippen molar-refractivity contribution in [2.24, 2.45) is 17.1 Å². The summed E-state index contributed by atoms with van der Waals surface area (Å²) in [6, 6.07) is 2.41. The number of fused-ring (bicyclic) bond motifs is 3. The molecule has 5 atom stereocenters. The number of Topliss-reactive ketones (excluding diaryl/α,β-unsaturated/α-hetero) is 1. The molecule has 2 aliphatic heterocycles. The minimum Gasteiger partial charge on any atom is -0.471 e. The summed E-state index contributed by atoms with van der Waals surface area (Å²) >= 11 is 0. The molecule has 6 rings (SSSR count). The third-order valence-electron chi connectivity index (χ3n) is 10.2. The predicted molar refractivity (Wildman–Crippen MR) is 168 cm³/mol. The number of ether oxygens (including phenoxy) is 1. The van der Waals surface area contributed by atoms with Crippen LogP contribution in [0, 0.1) is 17.2 Å². The third-order valence-corrected chi connectivity index (χ3v) is 12.3. The Kier molecular flexibility index (Phi) is 8.68. The van der Waals surface area contributed by atoms with Crippen molar-refractivity contribution in [3.63, 3.8) is 0 Å². The normalized spacial score (nSPS) is 30.5. The molecule has 1 aromatic carbocycles. The number of carbonyl (C=O) groups excluding carboxylic acids is 3. The number of nitrogens with zero attached hydrogens (tertiary/aromatic N) is 3. The molecular weight excluding hydrogens is 613 g/mol. The van der Waals surface area contributed by atoms with Gasteiger partial charge in [-0.25, -0.2) is 22.8 Å². The van der Waals surface area contributed by atoms with Crippen molar-refractivity contribution in [3.05, 3.63) is 41.9 Å². The van der Waals surface area contributed by atoms with Crippen LogP contribution in [0.3, 0.4) is 0 Å². The van der Waals surface area contributed by atoms with Gasteiger partial charge in [0, 0.05) is 18.9 Å².